The predicted molar refractivity (Wildman–Crippen MR) is 71.3 cm³/mol. The van der Waals surface area contributed by atoms with Gasteiger partial charge in [-0.05, 0) is 24.3 Å². The van der Waals surface area contributed by atoms with E-state index in [1.165, 1.54) is 6.26 Å². The molecule has 0 aliphatic rings. The van der Waals surface area contributed by atoms with Crippen molar-refractivity contribution in [2.45, 2.75) is 19.5 Å². The molecule has 0 saturated heterocycles. The molecule has 104 valence electrons. The molecule has 0 bridgehead atoms. The summed E-state index contributed by atoms with van der Waals surface area (Å²) >= 11 is 0. The molecule has 0 aliphatic carbocycles. The van der Waals surface area contributed by atoms with E-state index in [4.69, 9.17) is 4.42 Å². The maximum Gasteiger partial charge on any atom is 0.229 e. The Kier molecular flexibility index (Phi) is 4.88. The van der Waals surface area contributed by atoms with E-state index in [2.05, 4.69) is 15.6 Å². The molecule has 2 rings (SSSR count). The third kappa shape index (κ3) is 4.56. The Bertz CT molecular complexity index is 552. The maximum absolute atomic E-state index is 11.6. The fraction of sp³-hybridized carbons (Fsp3) is 0.214. The first-order valence-electron chi connectivity index (χ1n) is 6.20. The van der Waals surface area contributed by atoms with Gasteiger partial charge in [-0.15, -0.1) is 0 Å². The lowest BCUT2D eigenvalue weighted by Gasteiger charge is -2.05. The van der Waals surface area contributed by atoms with Crippen LogP contribution in [0.3, 0.4) is 0 Å². The number of hydrogen-bond donors (Lipinski definition) is 2. The van der Waals surface area contributed by atoms with Crippen molar-refractivity contribution >= 4 is 11.8 Å². The molecule has 2 aromatic heterocycles. The lowest BCUT2D eigenvalue weighted by molar-refractivity contribution is -0.129. The van der Waals surface area contributed by atoms with Crippen molar-refractivity contribution in [3.63, 3.8) is 0 Å². The largest absolute Gasteiger partial charge is 0.467 e. The average Bonchev–Trinajstić information content (AvgIpc) is 2.97. The molecular weight excluding hydrogens is 258 g/mol. The van der Waals surface area contributed by atoms with Crippen LogP contribution < -0.4 is 10.6 Å². The third-order valence-corrected chi connectivity index (χ3v) is 2.55. The molecule has 2 amide bonds. The van der Waals surface area contributed by atoms with Gasteiger partial charge < -0.3 is 15.1 Å². The molecule has 2 heterocycles. The van der Waals surface area contributed by atoms with E-state index in [0.29, 0.717) is 12.3 Å². The van der Waals surface area contributed by atoms with Gasteiger partial charge in [-0.1, -0.05) is 6.07 Å². The summed E-state index contributed by atoms with van der Waals surface area (Å²) in [5.41, 5.74) is 0.747. The number of aromatic nitrogens is 1. The van der Waals surface area contributed by atoms with Crippen LogP contribution in [0, 0.1) is 0 Å². The van der Waals surface area contributed by atoms with Gasteiger partial charge >= 0.3 is 0 Å². The highest BCUT2D eigenvalue weighted by molar-refractivity contribution is 5.96. The summed E-state index contributed by atoms with van der Waals surface area (Å²) in [6, 6.07) is 8.93. The number of furan rings is 1. The van der Waals surface area contributed by atoms with Crippen molar-refractivity contribution in [3.8, 4) is 0 Å². The zero-order chi connectivity index (χ0) is 14.2. The molecule has 20 heavy (non-hydrogen) atoms. The summed E-state index contributed by atoms with van der Waals surface area (Å²) in [6.45, 7) is 0.588. The SMILES string of the molecule is O=C(CC(=O)NCc1ccco1)NCc1ccccn1. The van der Waals surface area contributed by atoms with Gasteiger partial charge in [-0.3, -0.25) is 14.6 Å². The number of nitrogens with zero attached hydrogens (tertiary/aromatic N) is 1. The van der Waals surface area contributed by atoms with Crippen LogP contribution in [-0.2, 0) is 22.7 Å². The summed E-state index contributed by atoms with van der Waals surface area (Å²) in [4.78, 5) is 27.2. The van der Waals surface area contributed by atoms with E-state index in [0.717, 1.165) is 5.69 Å². The van der Waals surface area contributed by atoms with E-state index >= 15 is 0 Å². The van der Waals surface area contributed by atoms with Crippen molar-refractivity contribution in [2.75, 3.05) is 0 Å². The molecule has 0 atom stereocenters. The van der Waals surface area contributed by atoms with Crippen LogP contribution >= 0.6 is 0 Å². The Balaban J connectivity index is 1.67. The van der Waals surface area contributed by atoms with Crippen molar-refractivity contribution in [1.82, 2.24) is 15.6 Å². The number of amides is 2. The molecule has 0 unspecified atom stereocenters. The Hall–Kier alpha value is -2.63. The molecule has 0 saturated carbocycles. The van der Waals surface area contributed by atoms with Crippen molar-refractivity contribution in [3.05, 3.63) is 54.2 Å². The summed E-state index contributed by atoms with van der Waals surface area (Å²) < 4.78 is 5.07. The van der Waals surface area contributed by atoms with Gasteiger partial charge in [-0.2, -0.15) is 0 Å². The number of nitrogens with one attached hydrogen (secondary N) is 2. The van der Waals surface area contributed by atoms with Crippen LogP contribution in [0.25, 0.3) is 0 Å². The molecule has 6 nitrogen and oxygen atoms in total. The van der Waals surface area contributed by atoms with E-state index in [9.17, 15) is 9.59 Å². The topological polar surface area (TPSA) is 84.2 Å². The summed E-state index contributed by atoms with van der Waals surface area (Å²) in [5, 5.41) is 5.24. The highest BCUT2D eigenvalue weighted by atomic mass is 16.3. The normalized spacial score (nSPS) is 10.0. The first kappa shape index (κ1) is 13.8. The number of hydrogen-bond acceptors (Lipinski definition) is 4. The van der Waals surface area contributed by atoms with Gasteiger partial charge in [0.1, 0.15) is 12.2 Å². The lowest BCUT2D eigenvalue weighted by atomic mass is 10.3. The maximum atomic E-state index is 11.6. The smallest absolute Gasteiger partial charge is 0.229 e. The van der Waals surface area contributed by atoms with Crippen molar-refractivity contribution in [1.29, 1.82) is 0 Å². The van der Waals surface area contributed by atoms with Gasteiger partial charge in [0, 0.05) is 6.20 Å². The van der Waals surface area contributed by atoms with Crippen LogP contribution in [-0.4, -0.2) is 16.8 Å². The molecule has 2 N–H and O–H groups in total. The highest BCUT2D eigenvalue weighted by Crippen LogP contribution is 1.98. The monoisotopic (exact) mass is 273 g/mol. The van der Waals surface area contributed by atoms with Crippen molar-refractivity contribution in [2.24, 2.45) is 0 Å². The van der Waals surface area contributed by atoms with Gasteiger partial charge in [-0.25, -0.2) is 0 Å². The minimum atomic E-state index is -0.347. The van der Waals surface area contributed by atoms with Gasteiger partial charge in [0.2, 0.25) is 11.8 Å². The van der Waals surface area contributed by atoms with Crippen molar-refractivity contribution < 1.29 is 14.0 Å². The number of rotatable bonds is 6. The summed E-state index contributed by atoms with van der Waals surface area (Å²) in [6.07, 6.45) is 2.96. The standard InChI is InChI=1S/C14H15N3O3/c18-13(16-9-11-4-1-2-6-15-11)8-14(19)17-10-12-5-3-7-20-12/h1-7H,8-10H2,(H,16,18)(H,17,19). The molecular formula is C14H15N3O3. The van der Waals surface area contributed by atoms with Crippen LogP contribution in [0.5, 0.6) is 0 Å². The quantitative estimate of drug-likeness (QED) is 0.769. The molecule has 6 heteroatoms. The third-order valence-electron chi connectivity index (χ3n) is 2.55. The molecule has 2 aromatic rings. The van der Waals surface area contributed by atoms with Crippen LogP contribution in [0.15, 0.2) is 47.2 Å². The molecule has 0 radical (unpaired) electrons. The Morgan fingerprint density at radius 2 is 1.85 bits per heavy atom. The van der Waals surface area contributed by atoms with Gasteiger partial charge in [0.15, 0.2) is 0 Å². The summed E-state index contributed by atoms with van der Waals surface area (Å²) in [7, 11) is 0. The fourth-order valence-corrected chi connectivity index (χ4v) is 1.56. The Morgan fingerprint density at radius 3 is 2.50 bits per heavy atom. The second kappa shape index (κ2) is 7.08. The van der Waals surface area contributed by atoms with E-state index < -0.39 is 0 Å². The van der Waals surface area contributed by atoms with Gasteiger partial charge in [0.05, 0.1) is 25.0 Å². The first-order valence-corrected chi connectivity index (χ1v) is 6.20. The van der Waals surface area contributed by atoms with Crippen LogP contribution in [0.1, 0.15) is 17.9 Å². The number of pyridine rings is 1. The molecule has 0 fully saturated rings. The zero-order valence-corrected chi connectivity index (χ0v) is 10.8. The number of carbonyl (C=O) groups excluding carboxylic acids is 2. The van der Waals surface area contributed by atoms with Gasteiger partial charge in [0.25, 0.3) is 0 Å². The minimum Gasteiger partial charge on any atom is -0.467 e. The first-order chi connectivity index (χ1) is 9.74. The predicted octanol–water partition coefficient (Wildman–Crippen LogP) is 0.997. The minimum absolute atomic E-state index is 0.215. The average molecular weight is 273 g/mol. The summed E-state index contributed by atoms with van der Waals surface area (Å²) in [5.74, 6) is -0.0419. The van der Waals surface area contributed by atoms with E-state index in [-0.39, 0.29) is 24.8 Å². The van der Waals surface area contributed by atoms with Crippen LogP contribution in [0.4, 0.5) is 0 Å². The second-order valence-corrected chi connectivity index (χ2v) is 4.13. The fourth-order valence-electron chi connectivity index (χ4n) is 1.56. The highest BCUT2D eigenvalue weighted by Gasteiger charge is 2.09. The Labute approximate surface area is 116 Å². The van der Waals surface area contributed by atoms with E-state index in [1.807, 2.05) is 6.07 Å². The zero-order valence-electron chi connectivity index (χ0n) is 10.8. The molecule has 0 aliphatic heterocycles. The Morgan fingerprint density at radius 1 is 1.05 bits per heavy atom. The lowest BCUT2D eigenvalue weighted by Crippen LogP contribution is -2.31. The molecule has 0 spiro atoms. The number of carbonyl (C=O) groups is 2. The molecule has 0 aromatic carbocycles. The second-order valence-electron chi connectivity index (χ2n) is 4.13. The van der Waals surface area contributed by atoms with Crippen LogP contribution in [0.2, 0.25) is 0 Å². The van der Waals surface area contributed by atoms with E-state index in [1.54, 1.807) is 30.5 Å².